The highest BCUT2D eigenvalue weighted by Crippen LogP contribution is 2.14. The fourth-order valence-electron chi connectivity index (χ4n) is 1.97. The number of anilines is 1. The van der Waals surface area contributed by atoms with Gasteiger partial charge in [-0.15, -0.1) is 0 Å². The highest BCUT2D eigenvalue weighted by atomic mass is 16.5. The Morgan fingerprint density at radius 2 is 2.09 bits per heavy atom. The van der Waals surface area contributed by atoms with Gasteiger partial charge in [0, 0.05) is 13.1 Å². The highest BCUT2D eigenvalue weighted by Gasteiger charge is 2.26. The molecule has 1 saturated heterocycles. The van der Waals surface area contributed by atoms with Gasteiger partial charge >= 0.3 is 12.1 Å². The van der Waals surface area contributed by atoms with Crippen LogP contribution in [0.25, 0.3) is 0 Å². The fraction of sp³-hybridized carbons (Fsp3) is 0.357. The van der Waals surface area contributed by atoms with Gasteiger partial charge in [-0.2, -0.15) is 0 Å². The molecule has 22 heavy (non-hydrogen) atoms. The number of imide groups is 1. The fourth-order valence-corrected chi connectivity index (χ4v) is 1.97. The zero-order valence-electron chi connectivity index (χ0n) is 12.0. The second-order valence-corrected chi connectivity index (χ2v) is 4.54. The highest BCUT2D eigenvalue weighted by molar-refractivity contribution is 6.13. The van der Waals surface area contributed by atoms with Crippen LogP contribution in [0.5, 0.6) is 0 Å². The first-order chi connectivity index (χ1) is 10.7. The molecule has 0 radical (unpaired) electrons. The summed E-state index contributed by atoms with van der Waals surface area (Å²) in [6, 6.07) is 7.14. The Labute approximate surface area is 127 Å². The molecule has 1 aliphatic rings. The van der Waals surface area contributed by atoms with Gasteiger partial charge in [0.1, 0.15) is 12.5 Å². The number of morpholine rings is 1. The number of nitrogens with one attached hydrogen (secondary N) is 3. The maximum atomic E-state index is 12.4. The van der Waals surface area contributed by atoms with Gasteiger partial charge in [0.15, 0.2) is 0 Å². The zero-order valence-corrected chi connectivity index (χ0v) is 12.0. The van der Waals surface area contributed by atoms with Crippen molar-refractivity contribution in [1.29, 1.82) is 0 Å². The molecule has 3 N–H and O–H groups in total. The van der Waals surface area contributed by atoms with Crippen LogP contribution in [0.2, 0.25) is 0 Å². The van der Waals surface area contributed by atoms with Crippen LogP contribution in [0.15, 0.2) is 30.3 Å². The van der Waals surface area contributed by atoms with E-state index in [1.807, 2.05) is 0 Å². The molecule has 8 nitrogen and oxygen atoms in total. The van der Waals surface area contributed by atoms with Crippen LogP contribution in [-0.4, -0.2) is 50.8 Å². The second kappa shape index (κ2) is 8.11. The summed E-state index contributed by atoms with van der Waals surface area (Å²) in [5.41, 5.74) is 0.396. The summed E-state index contributed by atoms with van der Waals surface area (Å²) in [5.74, 6) is 0. The van der Waals surface area contributed by atoms with Gasteiger partial charge in [-0.25, -0.2) is 14.5 Å². The number of para-hydroxylation sites is 1. The van der Waals surface area contributed by atoms with Gasteiger partial charge in [0.05, 0.1) is 18.8 Å². The molecule has 118 valence electrons. The van der Waals surface area contributed by atoms with Crippen LogP contribution >= 0.6 is 0 Å². The summed E-state index contributed by atoms with van der Waals surface area (Å²) >= 11 is 0. The lowest BCUT2D eigenvalue weighted by Crippen LogP contribution is -2.55. The molecule has 0 aromatic heterocycles. The van der Waals surface area contributed by atoms with Crippen molar-refractivity contribution >= 4 is 24.0 Å². The quantitative estimate of drug-likeness (QED) is 0.683. The zero-order chi connectivity index (χ0) is 15.8. The average Bonchev–Trinajstić information content (AvgIpc) is 2.55. The van der Waals surface area contributed by atoms with Gasteiger partial charge in [0.25, 0.3) is 0 Å². The minimum Gasteiger partial charge on any atom is -0.356 e. The lowest BCUT2D eigenvalue weighted by Gasteiger charge is -2.28. The molecule has 1 aromatic rings. The summed E-state index contributed by atoms with van der Waals surface area (Å²) in [7, 11) is 0. The Balaban J connectivity index is 2.10. The van der Waals surface area contributed by atoms with E-state index in [-0.39, 0.29) is 6.54 Å². The molecule has 1 fully saturated rings. The molecule has 1 atom stereocenters. The number of hydrogen-bond donors (Lipinski definition) is 3. The maximum absolute atomic E-state index is 12.4. The second-order valence-electron chi connectivity index (χ2n) is 4.54. The molecule has 1 heterocycles. The standard InChI is InChI=1S/C14H18N4O4/c19-8-6-16-13(20)18(11-4-2-1-3-5-11)14(21)17-12-10-15-7-9-22-12/h1-5,8,12,15H,6-7,9-10H2,(H,16,20)(H,17,21). The van der Waals surface area contributed by atoms with Crippen molar-refractivity contribution in [3.63, 3.8) is 0 Å². The molecule has 0 saturated carbocycles. The van der Waals surface area contributed by atoms with Crippen molar-refractivity contribution in [3.05, 3.63) is 30.3 Å². The van der Waals surface area contributed by atoms with Crippen LogP contribution in [0, 0.1) is 0 Å². The lowest BCUT2D eigenvalue weighted by molar-refractivity contribution is -0.107. The SMILES string of the molecule is O=CCNC(=O)N(C(=O)NC1CNCCO1)c1ccccc1. The van der Waals surface area contributed by atoms with Crippen molar-refractivity contribution in [3.8, 4) is 0 Å². The van der Waals surface area contributed by atoms with Crippen LogP contribution in [0.1, 0.15) is 0 Å². The number of benzene rings is 1. The number of ether oxygens (including phenoxy) is 1. The van der Waals surface area contributed by atoms with E-state index in [4.69, 9.17) is 4.74 Å². The van der Waals surface area contributed by atoms with Gasteiger partial charge < -0.3 is 25.5 Å². The summed E-state index contributed by atoms with van der Waals surface area (Å²) in [4.78, 5) is 35.8. The number of rotatable bonds is 4. The third-order valence-electron chi connectivity index (χ3n) is 2.97. The number of urea groups is 2. The third kappa shape index (κ3) is 4.27. The molecule has 1 unspecified atom stereocenters. The maximum Gasteiger partial charge on any atom is 0.332 e. The molecule has 0 bridgehead atoms. The number of amides is 4. The van der Waals surface area contributed by atoms with E-state index in [0.29, 0.717) is 31.7 Å². The monoisotopic (exact) mass is 306 g/mol. The topological polar surface area (TPSA) is 99.8 Å². The predicted molar refractivity (Wildman–Crippen MR) is 79.5 cm³/mol. The summed E-state index contributed by atoms with van der Waals surface area (Å²) in [6.07, 6.45) is 0.0407. The van der Waals surface area contributed by atoms with Crippen LogP contribution in [0.3, 0.4) is 0 Å². The minimum atomic E-state index is -0.681. The van der Waals surface area contributed by atoms with Crippen molar-refractivity contribution in [2.45, 2.75) is 6.23 Å². The van der Waals surface area contributed by atoms with E-state index >= 15 is 0 Å². The Morgan fingerprint density at radius 3 is 2.73 bits per heavy atom. The number of hydrogen-bond acceptors (Lipinski definition) is 5. The van der Waals surface area contributed by atoms with Gasteiger partial charge in [-0.05, 0) is 12.1 Å². The summed E-state index contributed by atoms with van der Waals surface area (Å²) in [5, 5.41) is 8.06. The minimum absolute atomic E-state index is 0.170. The average molecular weight is 306 g/mol. The number of aldehydes is 1. The molecular formula is C14H18N4O4. The van der Waals surface area contributed by atoms with Crippen molar-refractivity contribution in [1.82, 2.24) is 16.0 Å². The van der Waals surface area contributed by atoms with Gasteiger partial charge in [0.2, 0.25) is 0 Å². The number of nitrogens with zero attached hydrogens (tertiary/aromatic N) is 1. The van der Waals surface area contributed by atoms with E-state index in [9.17, 15) is 14.4 Å². The van der Waals surface area contributed by atoms with Crippen molar-refractivity contribution < 1.29 is 19.1 Å². The Kier molecular flexibility index (Phi) is 5.87. The van der Waals surface area contributed by atoms with Crippen LogP contribution < -0.4 is 20.9 Å². The van der Waals surface area contributed by atoms with Gasteiger partial charge in [-0.3, -0.25) is 0 Å². The largest absolute Gasteiger partial charge is 0.356 e. The van der Waals surface area contributed by atoms with E-state index in [0.717, 1.165) is 4.90 Å². The predicted octanol–water partition coefficient (Wildman–Crippen LogP) is 0.0570. The van der Waals surface area contributed by atoms with Crippen LogP contribution in [-0.2, 0) is 9.53 Å². The van der Waals surface area contributed by atoms with E-state index < -0.39 is 18.3 Å². The van der Waals surface area contributed by atoms with E-state index in [1.165, 1.54) is 0 Å². The first-order valence-electron chi connectivity index (χ1n) is 6.92. The smallest absolute Gasteiger partial charge is 0.332 e. The molecule has 1 aromatic carbocycles. The third-order valence-corrected chi connectivity index (χ3v) is 2.97. The summed E-state index contributed by atoms with van der Waals surface area (Å²) in [6.45, 7) is 1.49. The van der Waals surface area contributed by atoms with Gasteiger partial charge in [-0.1, -0.05) is 18.2 Å². The molecule has 0 aliphatic carbocycles. The molecule has 2 rings (SSSR count). The van der Waals surface area contributed by atoms with E-state index in [2.05, 4.69) is 16.0 Å². The molecule has 1 aliphatic heterocycles. The first kappa shape index (κ1) is 15.9. The molecule has 4 amide bonds. The Bertz CT molecular complexity index is 517. The van der Waals surface area contributed by atoms with E-state index in [1.54, 1.807) is 30.3 Å². The normalized spacial score (nSPS) is 17.4. The number of carbonyl (C=O) groups is 3. The van der Waals surface area contributed by atoms with Crippen LogP contribution in [0.4, 0.5) is 15.3 Å². The Hall–Kier alpha value is -2.45. The Morgan fingerprint density at radius 1 is 1.32 bits per heavy atom. The first-order valence-corrected chi connectivity index (χ1v) is 6.92. The van der Waals surface area contributed by atoms with Crippen molar-refractivity contribution in [2.24, 2.45) is 0 Å². The van der Waals surface area contributed by atoms with Crippen molar-refractivity contribution in [2.75, 3.05) is 31.1 Å². The number of carbonyl (C=O) groups excluding carboxylic acids is 3. The molecular weight excluding hydrogens is 288 g/mol. The molecule has 0 spiro atoms. The summed E-state index contributed by atoms with van der Waals surface area (Å²) < 4.78 is 5.39. The molecule has 8 heteroatoms. The lowest BCUT2D eigenvalue weighted by atomic mass is 10.3.